The summed E-state index contributed by atoms with van der Waals surface area (Å²) in [6.45, 7) is 5.17. The van der Waals surface area contributed by atoms with Crippen LogP contribution in [0.4, 0.5) is 5.69 Å². The van der Waals surface area contributed by atoms with Crippen LogP contribution in [-0.4, -0.2) is 49.7 Å². The second kappa shape index (κ2) is 7.64. The van der Waals surface area contributed by atoms with Gasteiger partial charge in [0.2, 0.25) is 0 Å². The molecule has 0 fully saturated rings. The van der Waals surface area contributed by atoms with Crippen molar-refractivity contribution in [2.24, 2.45) is 5.10 Å². The number of carbonyl (C=O) groups excluding carboxylic acids is 1. The quantitative estimate of drug-likeness (QED) is 0.751. The van der Waals surface area contributed by atoms with Gasteiger partial charge in [0.1, 0.15) is 29.8 Å². The molecule has 0 bridgehead atoms. The predicted octanol–water partition coefficient (Wildman–Crippen LogP) is 3.80. The Balaban J connectivity index is 1.85. The fraction of sp³-hybridized carbons (Fsp3) is 0.417. The lowest BCUT2D eigenvalue weighted by Crippen LogP contribution is -2.53. The fourth-order valence-corrected chi connectivity index (χ4v) is 4.72. The number of nitrogens with zero attached hydrogens (tertiary/aromatic N) is 3. The zero-order valence-corrected chi connectivity index (χ0v) is 17.7. The minimum Gasteiger partial charge on any atom is -0.489 e. The molecule has 2 heterocycles. The van der Waals surface area contributed by atoms with Gasteiger partial charge in [-0.05, 0) is 63.7 Å². The molecule has 0 saturated heterocycles. The Bertz CT molecular complexity index is 938. The molecular weight excluding hydrogens is 362 g/mol. The van der Waals surface area contributed by atoms with Crippen LogP contribution in [0.15, 0.2) is 53.6 Å². The van der Waals surface area contributed by atoms with E-state index in [0.717, 1.165) is 42.0 Å². The minimum absolute atomic E-state index is 0.0299. The number of anilines is 1. The molecule has 2 aromatic rings. The van der Waals surface area contributed by atoms with Gasteiger partial charge in [-0.15, -0.1) is 0 Å². The Morgan fingerprint density at radius 1 is 1.24 bits per heavy atom. The molecule has 0 amide bonds. The Hall–Kier alpha value is -2.66. The number of aryl methyl sites for hydroxylation is 1. The molecule has 2 aromatic carbocycles. The number of ether oxygens (including phenoxy) is 1. The second-order valence-corrected chi connectivity index (χ2v) is 8.39. The first-order valence-electron chi connectivity index (χ1n) is 10.3. The third-order valence-corrected chi connectivity index (χ3v) is 6.05. The van der Waals surface area contributed by atoms with Crippen molar-refractivity contribution in [3.63, 3.8) is 0 Å². The summed E-state index contributed by atoms with van der Waals surface area (Å²) < 4.78 is 6.19. The highest BCUT2D eigenvalue weighted by Gasteiger charge is 2.55. The van der Waals surface area contributed by atoms with Gasteiger partial charge in [-0.3, -0.25) is 9.80 Å². The van der Waals surface area contributed by atoms with Crippen molar-refractivity contribution in [1.29, 1.82) is 0 Å². The molecule has 0 saturated carbocycles. The molecule has 0 spiro atoms. The van der Waals surface area contributed by atoms with E-state index < -0.39 is 5.41 Å². The van der Waals surface area contributed by atoms with Crippen LogP contribution in [0.2, 0.25) is 0 Å². The molecule has 0 radical (unpaired) electrons. The lowest BCUT2D eigenvalue weighted by Gasteiger charge is -2.41. The molecule has 2 aliphatic rings. The van der Waals surface area contributed by atoms with Gasteiger partial charge in [0.05, 0.1) is 5.41 Å². The van der Waals surface area contributed by atoms with Crippen LogP contribution in [0.25, 0.3) is 0 Å². The molecule has 5 nitrogen and oxygen atoms in total. The zero-order valence-electron chi connectivity index (χ0n) is 17.7. The normalized spacial score (nSPS) is 22.7. The van der Waals surface area contributed by atoms with Gasteiger partial charge in [0.15, 0.2) is 5.78 Å². The first kappa shape index (κ1) is 19.6. The molecule has 0 aromatic heterocycles. The van der Waals surface area contributed by atoms with E-state index in [1.54, 1.807) is 6.92 Å². The number of Topliss-reactive ketones (excluding diaryl/α,β-unsaturated/α-hetero) is 1. The van der Waals surface area contributed by atoms with E-state index in [1.807, 2.05) is 35.3 Å². The summed E-state index contributed by atoms with van der Waals surface area (Å²) in [6, 6.07) is 16.5. The van der Waals surface area contributed by atoms with E-state index in [0.29, 0.717) is 12.3 Å². The van der Waals surface area contributed by atoms with E-state index in [4.69, 9.17) is 9.84 Å². The van der Waals surface area contributed by atoms with Gasteiger partial charge >= 0.3 is 0 Å². The molecule has 29 heavy (non-hydrogen) atoms. The Kier molecular flexibility index (Phi) is 5.17. The van der Waals surface area contributed by atoms with Gasteiger partial charge in [-0.2, -0.15) is 5.10 Å². The number of carbonyl (C=O) groups is 1. The van der Waals surface area contributed by atoms with Crippen LogP contribution < -0.4 is 9.75 Å². The maximum absolute atomic E-state index is 12.8. The molecule has 5 heteroatoms. The second-order valence-electron chi connectivity index (χ2n) is 8.39. The molecule has 0 N–H and O–H groups in total. The van der Waals surface area contributed by atoms with Crippen molar-refractivity contribution in [3.8, 4) is 5.75 Å². The lowest BCUT2D eigenvalue weighted by atomic mass is 9.67. The topological polar surface area (TPSA) is 45.1 Å². The van der Waals surface area contributed by atoms with Crippen LogP contribution in [0.1, 0.15) is 30.9 Å². The summed E-state index contributed by atoms with van der Waals surface area (Å²) in [5.41, 5.74) is 3.40. The fourth-order valence-electron chi connectivity index (χ4n) is 4.72. The highest BCUT2D eigenvalue weighted by atomic mass is 16.5. The van der Waals surface area contributed by atoms with E-state index in [-0.39, 0.29) is 11.8 Å². The maximum Gasteiger partial charge on any atom is 0.176 e. The van der Waals surface area contributed by atoms with Crippen LogP contribution in [0, 0.1) is 6.92 Å². The van der Waals surface area contributed by atoms with E-state index >= 15 is 0 Å². The Morgan fingerprint density at radius 2 is 2.00 bits per heavy atom. The summed E-state index contributed by atoms with van der Waals surface area (Å²) in [5, 5.41) is 6.97. The summed E-state index contributed by atoms with van der Waals surface area (Å²) in [6.07, 6.45) is 1.82. The third-order valence-electron chi connectivity index (χ3n) is 6.05. The lowest BCUT2D eigenvalue weighted by molar-refractivity contribution is -0.111. The van der Waals surface area contributed by atoms with Gasteiger partial charge in [-0.1, -0.05) is 36.4 Å². The van der Waals surface area contributed by atoms with Crippen LogP contribution >= 0.6 is 0 Å². The van der Waals surface area contributed by atoms with Crippen molar-refractivity contribution in [2.45, 2.75) is 38.1 Å². The predicted molar refractivity (Wildman–Crippen MR) is 117 cm³/mol. The standard InChI is InChI=1S/C24H29N3O2/c1-17-11-12-21-20(15-17)27-22(16-29-21)24(13-8-14-26(3)4,23(25-27)18(2)28)19-9-6-5-7-10-19/h5-7,9-12,15,22H,8,13-14,16H2,1-4H3/t22-,24+/m0/s1. The number of ketones is 1. The molecule has 152 valence electrons. The van der Waals surface area contributed by atoms with Gasteiger partial charge in [-0.25, -0.2) is 0 Å². The minimum atomic E-state index is -0.482. The smallest absolute Gasteiger partial charge is 0.176 e. The first-order valence-corrected chi connectivity index (χ1v) is 10.3. The first-order chi connectivity index (χ1) is 13.9. The SMILES string of the molecule is CC(=O)C1=NN2c3cc(C)ccc3OC[C@H]2[C@@]1(CCCN(C)C)c1ccccc1. The number of benzene rings is 2. The highest BCUT2D eigenvalue weighted by molar-refractivity contribution is 6.43. The largest absolute Gasteiger partial charge is 0.489 e. The summed E-state index contributed by atoms with van der Waals surface area (Å²) in [7, 11) is 4.16. The number of fused-ring (bicyclic) bond motifs is 3. The van der Waals surface area contributed by atoms with Crippen molar-refractivity contribution < 1.29 is 9.53 Å². The molecule has 4 rings (SSSR count). The van der Waals surface area contributed by atoms with E-state index in [2.05, 4.69) is 44.1 Å². The Labute approximate surface area is 173 Å². The summed E-state index contributed by atoms with van der Waals surface area (Å²) in [4.78, 5) is 15.0. The van der Waals surface area contributed by atoms with Gasteiger partial charge in [0.25, 0.3) is 0 Å². The molecule has 0 aliphatic carbocycles. The summed E-state index contributed by atoms with van der Waals surface area (Å²) in [5.74, 6) is 0.859. The summed E-state index contributed by atoms with van der Waals surface area (Å²) >= 11 is 0. The van der Waals surface area contributed by atoms with Crippen LogP contribution in [0.3, 0.4) is 0 Å². The zero-order chi connectivity index (χ0) is 20.6. The molecule has 2 atom stereocenters. The number of hydrogen-bond donors (Lipinski definition) is 0. The van der Waals surface area contributed by atoms with Gasteiger partial charge < -0.3 is 9.64 Å². The van der Waals surface area contributed by atoms with Crippen molar-refractivity contribution in [2.75, 3.05) is 32.3 Å². The van der Waals surface area contributed by atoms with E-state index in [9.17, 15) is 4.79 Å². The molecular formula is C24H29N3O2. The van der Waals surface area contributed by atoms with E-state index in [1.165, 1.54) is 0 Å². The van der Waals surface area contributed by atoms with Gasteiger partial charge in [0, 0.05) is 6.92 Å². The maximum atomic E-state index is 12.8. The highest BCUT2D eigenvalue weighted by Crippen LogP contribution is 2.48. The van der Waals surface area contributed by atoms with Crippen LogP contribution in [0.5, 0.6) is 5.75 Å². The average Bonchev–Trinajstić information content (AvgIpc) is 3.04. The van der Waals surface area contributed by atoms with Crippen molar-refractivity contribution in [3.05, 3.63) is 59.7 Å². The molecule has 0 unspecified atom stereocenters. The number of rotatable bonds is 6. The number of hydrazone groups is 1. The number of hydrogen-bond acceptors (Lipinski definition) is 5. The molecule has 2 aliphatic heterocycles. The Morgan fingerprint density at radius 3 is 2.69 bits per heavy atom. The van der Waals surface area contributed by atoms with Crippen molar-refractivity contribution in [1.82, 2.24) is 4.90 Å². The average molecular weight is 392 g/mol. The van der Waals surface area contributed by atoms with Crippen molar-refractivity contribution >= 4 is 17.2 Å². The van der Waals surface area contributed by atoms with Crippen LogP contribution in [-0.2, 0) is 10.2 Å². The third kappa shape index (κ3) is 3.33. The monoisotopic (exact) mass is 391 g/mol.